The molecule has 2 N–H and O–H groups in total. The monoisotopic (exact) mass is 343 g/mol. The quantitative estimate of drug-likeness (QED) is 0.800. The largest absolute Gasteiger partial charge is 0.393 e. The van der Waals surface area contributed by atoms with Gasteiger partial charge in [0.2, 0.25) is 5.91 Å². The highest BCUT2D eigenvalue weighted by molar-refractivity contribution is 5.76. The van der Waals surface area contributed by atoms with Gasteiger partial charge in [0.15, 0.2) is 0 Å². The van der Waals surface area contributed by atoms with E-state index in [2.05, 4.69) is 10.2 Å². The Balaban J connectivity index is 1.55. The summed E-state index contributed by atoms with van der Waals surface area (Å²) in [6, 6.07) is 9.95. The smallest absolute Gasteiger partial charge is 0.222 e. The summed E-state index contributed by atoms with van der Waals surface area (Å²) >= 11 is 0. The van der Waals surface area contributed by atoms with Crippen molar-refractivity contribution in [2.45, 2.75) is 31.3 Å². The van der Waals surface area contributed by atoms with Crippen LogP contribution in [0.4, 0.5) is 0 Å². The van der Waals surface area contributed by atoms with Crippen LogP contribution in [-0.2, 0) is 22.4 Å². The second-order valence-electron chi connectivity index (χ2n) is 6.63. The number of morpholine rings is 1. The number of carbonyl (C=O) groups is 1. The minimum absolute atomic E-state index is 0.0965. The summed E-state index contributed by atoms with van der Waals surface area (Å²) in [7, 11) is 0. The molecule has 0 unspecified atom stereocenters. The molecular formula is C19H25N3O3. The van der Waals surface area contributed by atoms with Crippen molar-refractivity contribution >= 4 is 5.91 Å². The van der Waals surface area contributed by atoms with Gasteiger partial charge in [0.25, 0.3) is 0 Å². The number of aryl methyl sites for hydroxylation is 1. The second-order valence-corrected chi connectivity index (χ2v) is 6.63. The predicted molar refractivity (Wildman–Crippen MR) is 94.0 cm³/mol. The number of aromatic amines is 1. The Morgan fingerprint density at radius 3 is 2.88 bits per heavy atom. The van der Waals surface area contributed by atoms with Crippen molar-refractivity contribution in [3.63, 3.8) is 0 Å². The highest BCUT2D eigenvalue weighted by Crippen LogP contribution is 2.23. The maximum absolute atomic E-state index is 12.5. The number of ether oxygens (including phenoxy) is 1. The van der Waals surface area contributed by atoms with E-state index in [1.54, 1.807) is 6.20 Å². The molecule has 0 radical (unpaired) electrons. The van der Waals surface area contributed by atoms with Crippen LogP contribution in [0.1, 0.15) is 24.0 Å². The lowest BCUT2D eigenvalue weighted by atomic mass is 9.93. The van der Waals surface area contributed by atoms with Crippen molar-refractivity contribution in [3.8, 4) is 0 Å². The van der Waals surface area contributed by atoms with E-state index in [1.807, 2.05) is 41.4 Å². The zero-order valence-electron chi connectivity index (χ0n) is 14.4. The number of hydrogen-bond donors (Lipinski definition) is 2. The number of aliphatic hydroxyl groups is 1. The molecule has 1 atom stereocenters. The number of nitrogens with zero attached hydrogens (tertiary/aromatic N) is 2. The molecule has 134 valence electrons. The first-order chi connectivity index (χ1) is 12.2. The minimum atomic E-state index is -0.709. The van der Waals surface area contributed by atoms with Crippen molar-refractivity contribution < 1.29 is 14.6 Å². The first-order valence-electron chi connectivity index (χ1n) is 8.75. The van der Waals surface area contributed by atoms with E-state index >= 15 is 0 Å². The number of benzene rings is 1. The first-order valence-corrected chi connectivity index (χ1v) is 8.75. The third kappa shape index (κ3) is 4.67. The van der Waals surface area contributed by atoms with E-state index in [0.717, 1.165) is 24.0 Å². The van der Waals surface area contributed by atoms with Gasteiger partial charge in [-0.15, -0.1) is 0 Å². The zero-order valence-corrected chi connectivity index (χ0v) is 14.4. The molecular weight excluding hydrogens is 318 g/mol. The van der Waals surface area contributed by atoms with Crippen LogP contribution in [0.5, 0.6) is 0 Å². The number of rotatable bonds is 7. The fourth-order valence-electron chi connectivity index (χ4n) is 3.30. The first kappa shape index (κ1) is 17.6. The molecule has 6 nitrogen and oxygen atoms in total. The third-order valence-corrected chi connectivity index (χ3v) is 4.67. The van der Waals surface area contributed by atoms with Crippen LogP contribution in [0.25, 0.3) is 0 Å². The highest BCUT2D eigenvalue weighted by Gasteiger charge is 2.37. The van der Waals surface area contributed by atoms with Gasteiger partial charge >= 0.3 is 0 Å². The van der Waals surface area contributed by atoms with Crippen molar-refractivity contribution in [3.05, 3.63) is 53.9 Å². The van der Waals surface area contributed by atoms with Gasteiger partial charge in [-0.1, -0.05) is 30.3 Å². The Bertz CT molecular complexity index is 660. The molecule has 1 aliphatic rings. The van der Waals surface area contributed by atoms with Crippen LogP contribution in [0.3, 0.4) is 0 Å². The predicted octanol–water partition coefficient (Wildman–Crippen LogP) is 1.56. The zero-order chi connectivity index (χ0) is 17.5. The summed E-state index contributed by atoms with van der Waals surface area (Å²) in [6.07, 6.45) is 6.37. The Hall–Kier alpha value is -2.18. The van der Waals surface area contributed by atoms with Gasteiger partial charge < -0.3 is 14.7 Å². The van der Waals surface area contributed by atoms with Gasteiger partial charge in [0, 0.05) is 25.6 Å². The number of aliphatic hydroxyl groups excluding tert-OH is 1. The lowest BCUT2D eigenvalue weighted by molar-refractivity contribution is -0.158. The van der Waals surface area contributed by atoms with Gasteiger partial charge in [-0.05, 0) is 24.0 Å². The molecule has 2 aromatic rings. The molecule has 0 aliphatic carbocycles. The average molecular weight is 343 g/mol. The molecule has 1 aromatic carbocycles. The lowest BCUT2D eigenvalue weighted by Crippen LogP contribution is -2.56. The topological polar surface area (TPSA) is 78.5 Å². The lowest BCUT2D eigenvalue weighted by Gasteiger charge is -2.42. The molecule has 1 saturated heterocycles. The molecule has 6 heteroatoms. The summed E-state index contributed by atoms with van der Waals surface area (Å²) in [5.74, 6) is 0.123. The van der Waals surface area contributed by atoms with Crippen LogP contribution in [-0.4, -0.2) is 58.0 Å². The number of H-pyrrole nitrogens is 1. The molecule has 0 saturated carbocycles. The van der Waals surface area contributed by atoms with Gasteiger partial charge in [-0.3, -0.25) is 9.89 Å². The third-order valence-electron chi connectivity index (χ3n) is 4.67. The fourth-order valence-corrected chi connectivity index (χ4v) is 3.30. The van der Waals surface area contributed by atoms with Crippen molar-refractivity contribution in [2.75, 3.05) is 26.3 Å². The van der Waals surface area contributed by atoms with E-state index in [9.17, 15) is 9.90 Å². The summed E-state index contributed by atoms with van der Waals surface area (Å²) in [5.41, 5.74) is 1.51. The van der Waals surface area contributed by atoms with Crippen LogP contribution in [0, 0.1) is 0 Å². The van der Waals surface area contributed by atoms with Crippen LogP contribution >= 0.6 is 0 Å². The number of nitrogens with one attached hydrogen (secondary N) is 1. The molecule has 2 heterocycles. The van der Waals surface area contributed by atoms with E-state index in [0.29, 0.717) is 32.5 Å². The van der Waals surface area contributed by atoms with Crippen LogP contribution in [0.2, 0.25) is 0 Å². The molecule has 1 amide bonds. The average Bonchev–Trinajstić information content (AvgIpc) is 3.16. The van der Waals surface area contributed by atoms with Gasteiger partial charge in [0.1, 0.15) is 5.60 Å². The van der Waals surface area contributed by atoms with E-state index in [4.69, 9.17) is 4.74 Å². The summed E-state index contributed by atoms with van der Waals surface area (Å²) in [6.45, 7) is 1.38. The number of aromatic nitrogens is 2. The molecule has 3 rings (SSSR count). The van der Waals surface area contributed by atoms with Crippen molar-refractivity contribution in [1.82, 2.24) is 15.1 Å². The fraction of sp³-hybridized carbons (Fsp3) is 0.474. The summed E-state index contributed by atoms with van der Waals surface area (Å²) < 4.78 is 5.91. The maximum Gasteiger partial charge on any atom is 0.222 e. The maximum atomic E-state index is 12.5. The molecule has 25 heavy (non-hydrogen) atoms. The van der Waals surface area contributed by atoms with E-state index in [-0.39, 0.29) is 12.5 Å². The van der Waals surface area contributed by atoms with E-state index < -0.39 is 5.60 Å². The standard InChI is InChI=1S/C19H25N3O3/c23-15-19(11-16-5-2-1-3-6-16)14-22(9-10-25-19)18(24)8-4-7-17-12-20-21-13-17/h1-3,5-6,12-13,23H,4,7-11,14-15H2,(H,20,21)/t19-/m1/s1. The Morgan fingerprint density at radius 2 is 2.16 bits per heavy atom. The van der Waals surface area contributed by atoms with Crippen molar-refractivity contribution in [1.29, 1.82) is 0 Å². The number of amides is 1. The minimum Gasteiger partial charge on any atom is -0.393 e. The SMILES string of the molecule is O=C(CCCc1cn[nH]c1)N1CCO[C@](CO)(Cc2ccccc2)C1. The normalized spacial score (nSPS) is 20.6. The number of carbonyl (C=O) groups excluding carboxylic acids is 1. The Kier molecular flexibility index (Phi) is 5.83. The Labute approximate surface area is 147 Å². The number of hydrogen-bond acceptors (Lipinski definition) is 4. The van der Waals surface area contributed by atoms with Gasteiger partial charge in [-0.25, -0.2) is 0 Å². The van der Waals surface area contributed by atoms with Gasteiger partial charge in [-0.2, -0.15) is 5.10 Å². The summed E-state index contributed by atoms with van der Waals surface area (Å²) in [5, 5.41) is 16.6. The van der Waals surface area contributed by atoms with Gasteiger partial charge in [0.05, 0.1) is 26.0 Å². The molecule has 1 fully saturated rings. The van der Waals surface area contributed by atoms with E-state index in [1.165, 1.54) is 0 Å². The van der Waals surface area contributed by atoms with Crippen LogP contribution in [0.15, 0.2) is 42.7 Å². The second kappa shape index (κ2) is 8.27. The van der Waals surface area contributed by atoms with Crippen molar-refractivity contribution in [2.24, 2.45) is 0 Å². The Morgan fingerprint density at radius 1 is 1.32 bits per heavy atom. The molecule has 1 aromatic heterocycles. The molecule has 0 spiro atoms. The molecule has 1 aliphatic heterocycles. The highest BCUT2D eigenvalue weighted by atomic mass is 16.5. The summed E-state index contributed by atoms with van der Waals surface area (Å²) in [4.78, 5) is 14.4. The molecule has 0 bridgehead atoms. The van der Waals surface area contributed by atoms with Crippen LogP contribution < -0.4 is 0 Å².